The van der Waals surface area contributed by atoms with Crippen molar-refractivity contribution in [3.05, 3.63) is 69.2 Å². The van der Waals surface area contributed by atoms with Gasteiger partial charge in [0.05, 0.1) is 6.42 Å². The van der Waals surface area contributed by atoms with Crippen LogP contribution in [0.25, 0.3) is 0 Å². The van der Waals surface area contributed by atoms with Gasteiger partial charge in [-0.2, -0.15) is 0 Å². The highest BCUT2D eigenvalue weighted by Crippen LogP contribution is 2.21. The first-order chi connectivity index (χ1) is 14.4. The minimum Gasteiger partial charge on any atom is -0.352 e. The Bertz CT molecular complexity index is 866. The average Bonchev–Trinajstić information content (AvgIpc) is 2.75. The molecule has 0 saturated heterocycles. The zero-order valence-electron chi connectivity index (χ0n) is 17.2. The molecule has 160 valence electrons. The maximum Gasteiger partial charge on any atom is 0.242 e. The lowest BCUT2D eigenvalue weighted by molar-refractivity contribution is -0.140. The van der Waals surface area contributed by atoms with Crippen LogP contribution in [0.3, 0.4) is 0 Å². The first kappa shape index (κ1) is 22.8. The van der Waals surface area contributed by atoms with Crippen LogP contribution in [-0.4, -0.2) is 28.8 Å². The molecule has 0 aromatic heterocycles. The second-order valence-electron chi connectivity index (χ2n) is 7.94. The summed E-state index contributed by atoms with van der Waals surface area (Å²) in [6.07, 6.45) is 5.71. The number of nitrogens with zero attached hydrogens (tertiary/aromatic N) is 1. The molecule has 1 atom stereocenters. The van der Waals surface area contributed by atoms with Crippen molar-refractivity contribution in [2.45, 2.75) is 64.1 Å². The van der Waals surface area contributed by atoms with Crippen molar-refractivity contribution in [1.29, 1.82) is 0 Å². The first-order valence-corrected chi connectivity index (χ1v) is 11.7. The van der Waals surface area contributed by atoms with Crippen LogP contribution in [-0.2, 0) is 22.6 Å². The highest BCUT2D eigenvalue weighted by Gasteiger charge is 2.28. The van der Waals surface area contributed by atoms with Gasteiger partial charge in [-0.15, -0.1) is 0 Å². The zero-order chi connectivity index (χ0) is 21.5. The zero-order valence-corrected chi connectivity index (χ0v) is 19.6. The quantitative estimate of drug-likeness (QED) is 0.555. The number of carbonyl (C=O) groups is 2. The number of hydrogen-bond donors (Lipinski definition) is 1. The van der Waals surface area contributed by atoms with Crippen LogP contribution in [0, 0.1) is 0 Å². The van der Waals surface area contributed by atoms with Gasteiger partial charge in [-0.05, 0) is 49.1 Å². The summed E-state index contributed by atoms with van der Waals surface area (Å²) in [6, 6.07) is 14.8. The van der Waals surface area contributed by atoms with E-state index in [9.17, 15) is 9.59 Å². The summed E-state index contributed by atoms with van der Waals surface area (Å²) in [4.78, 5) is 27.9. The van der Waals surface area contributed by atoms with Crippen molar-refractivity contribution < 1.29 is 9.59 Å². The van der Waals surface area contributed by atoms with Crippen molar-refractivity contribution in [2.24, 2.45) is 0 Å². The van der Waals surface area contributed by atoms with E-state index in [1.807, 2.05) is 49.4 Å². The molecule has 1 aliphatic rings. The molecule has 0 aliphatic heterocycles. The number of carbonyl (C=O) groups excluding carboxylic acids is 2. The molecule has 0 radical (unpaired) electrons. The number of benzene rings is 2. The Morgan fingerprint density at radius 2 is 1.77 bits per heavy atom. The summed E-state index contributed by atoms with van der Waals surface area (Å²) in [5.41, 5.74) is 1.74. The number of amides is 2. The van der Waals surface area contributed by atoms with Gasteiger partial charge in [0.2, 0.25) is 11.8 Å². The Morgan fingerprint density at radius 3 is 2.43 bits per heavy atom. The van der Waals surface area contributed by atoms with E-state index in [0.29, 0.717) is 11.6 Å². The number of halogens is 2. The topological polar surface area (TPSA) is 49.4 Å². The van der Waals surface area contributed by atoms with Crippen LogP contribution >= 0.6 is 27.5 Å². The minimum absolute atomic E-state index is 0.0912. The molecule has 6 heteroatoms. The molecule has 0 bridgehead atoms. The van der Waals surface area contributed by atoms with E-state index >= 15 is 0 Å². The standard InChI is InChI=1S/C24H28BrClN2O2/c1-17(24(30)27-21-8-3-2-4-9-21)28(16-18-11-13-20(25)14-12-18)23(29)15-19-7-5-6-10-22(19)26/h5-7,10-14,17,21H,2-4,8-9,15-16H2,1H3,(H,27,30). The molecular weight excluding hydrogens is 464 g/mol. The fourth-order valence-electron chi connectivity index (χ4n) is 3.84. The third kappa shape index (κ3) is 6.32. The van der Waals surface area contributed by atoms with E-state index in [4.69, 9.17) is 11.6 Å². The predicted molar refractivity (Wildman–Crippen MR) is 124 cm³/mol. The van der Waals surface area contributed by atoms with Gasteiger partial charge in [-0.25, -0.2) is 0 Å². The molecule has 2 aromatic carbocycles. The number of nitrogens with one attached hydrogen (secondary N) is 1. The van der Waals surface area contributed by atoms with Crippen molar-refractivity contribution in [1.82, 2.24) is 10.2 Å². The average molecular weight is 492 g/mol. The van der Waals surface area contributed by atoms with Gasteiger partial charge < -0.3 is 10.2 Å². The molecule has 2 aromatic rings. The summed E-state index contributed by atoms with van der Waals surface area (Å²) in [6.45, 7) is 2.18. The van der Waals surface area contributed by atoms with Crippen molar-refractivity contribution in [2.75, 3.05) is 0 Å². The van der Waals surface area contributed by atoms with Crippen molar-refractivity contribution in [3.63, 3.8) is 0 Å². The van der Waals surface area contributed by atoms with E-state index in [2.05, 4.69) is 21.2 Å². The molecule has 1 unspecified atom stereocenters. The van der Waals surface area contributed by atoms with E-state index in [0.717, 1.165) is 41.3 Å². The van der Waals surface area contributed by atoms with E-state index in [-0.39, 0.29) is 24.3 Å². The third-order valence-corrected chi connectivity index (χ3v) is 6.58. The van der Waals surface area contributed by atoms with Gasteiger partial charge in [0.1, 0.15) is 6.04 Å². The molecule has 1 fully saturated rings. The molecular formula is C24H28BrClN2O2. The first-order valence-electron chi connectivity index (χ1n) is 10.5. The van der Waals surface area contributed by atoms with Gasteiger partial charge in [-0.3, -0.25) is 9.59 Å². The maximum absolute atomic E-state index is 13.3. The van der Waals surface area contributed by atoms with Gasteiger partial charge >= 0.3 is 0 Å². The smallest absolute Gasteiger partial charge is 0.242 e. The Hall–Kier alpha value is -1.85. The molecule has 1 saturated carbocycles. The molecule has 4 nitrogen and oxygen atoms in total. The Kier molecular flexibility index (Phi) is 8.34. The molecule has 3 rings (SSSR count). The van der Waals surface area contributed by atoms with Crippen LogP contribution < -0.4 is 5.32 Å². The fourth-order valence-corrected chi connectivity index (χ4v) is 4.31. The Balaban J connectivity index is 1.76. The monoisotopic (exact) mass is 490 g/mol. The summed E-state index contributed by atoms with van der Waals surface area (Å²) in [5.74, 6) is -0.205. The lowest BCUT2D eigenvalue weighted by atomic mass is 9.95. The largest absolute Gasteiger partial charge is 0.352 e. The summed E-state index contributed by atoms with van der Waals surface area (Å²) in [7, 11) is 0. The SMILES string of the molecule is CC(C(=O)NC1CCCCC1)N(Cc1ccc(Br)cc1)C(=O)Cc1ccccc1Cl. The summed E-state index contributed by atoms with van der Waals surface area (Å²) >= 11 is 9.71. The van der Waals surface area contributed by atoms with Crippen molar-refractivity contribution in [3.8, 4) is 0 Å². The second kappa shape index (κ2) is 11.0. The van der Waals surface area contributed by atoms with Crippen LogP contribution in [0.4, 0.5) is 0 Å². The Labute approximate surface area is 192 Å². The van der Waals surface area contributed by atoms with Crippen LogP contribution in [0.2, 0.25) is 5.02 Å². The van der Waals surface area contributed by atoms with Crippen molar-refractivity contribution >= 4 is 39.3 Å². The predicted octanol–water partition coefficient (Wildman–Crippen LogP) is 5.51. The second-order valence-corrected chi connectivity index (χ2v) is 9.26. The van der Waals surface area contributed by atoms with Gasteiger partial charge in [-0.1, -0.05) is 77.1 Å². The van der Waals surface area contributed by atoms with Crippen LogP contribution in [0.5, 0.6) is 0 Å². The lowest BCUT2D eigenvalue weighted by Crippen LogP contribution is -2.50. The van der Waals surface area contributed by atoms with Gasteiger partial charge in [0.25, 0.3) is 0 Å². The number of rotatable bonds is 7. The molecule has 2 amide bonds. The Morgan fingerprint density at radius 1 is 1.10 bits per heavy atom. The highest BCUT2D eigenvalue weighted by atomic mass is 79.9. The van der Waals surface area contributed by atoms with E-state index in [1.165, 1.54) is 6.42 Å². The molecule has 0 spiro atoms. The summed E-state index contributed by atoms with van der Waals surface area (Å²) in [5, 5.41) is 3.72. The summed E-state index contributed by atoms with van der Waals surface area (Å²) < 4.78 is 0.975. The molecule has 1 aliphatic carbocycles. The van der Waals surface area contributed by atoms with E-state index in [1.54, 1.807) is 11.0 Å². The molecule has 30 heavy (non-hydrogen) atoms. The highest BCUT2D eigenvalue weighted by molar-refractivity contribution is 9.10. The minimum atomic E-state index is -0.564. The van der Waals surface area contributed by atoms with Gasteiger partial charge in [0, 0.05) is 22.1 Å². The normalized spacial score (nSPS) is 15.4. The third-order valence-electron chi connectivity index (χ3n) is 5.68. The number of hydrogen-bond acceptors (Lipinski definition) is 2. The molecule has 1 N–H and O–H groups in total. The molecule has 0 heterocycles. The van der Waals surface area contributed by atoms with Gasteiger partial charge in [0.15, 0.2) is 0 Å². The fraction of sp³-hybridized carbons (Fsp3) is 0.417. The van der Waals surface area contributed by atoms with Crippen LogP contribution in [0.15, 0.2) is 53.0 Å². The van der Waals surface area contributed by atoms with Crippen LogP contribution in [0.1, 0.15) is 50.2 Å². The van der Waals surface area contributed by atoms with E-state index < -0.39 is 6.04 Å². The lowest BCUT2D eigenvalue weighted by Gasteiger charge is -2.31. The maximum atomic E-state index is 13.3.